The van der Waals surface area contributed by atoms with Gasteiger partial charge < -0.3 is 5.11 Å². The van der Waals surface area contributed by atoms with E-state index in [-0.39, 0.29) is 5.41 Å². The van der Waals surface area contributed by atoms with Crippen LogP contribution in [0.1, 0.15) is 43.2 Å². The lowest BCUT2D eigenvalue weighted by Crippen LogP contribution is -2.32. The number of nitrogens with zero attached hydrogens (tertiary/aromatic N) is 2. The van der Waals surface area contributed by atoms with Crippen LogP contribution in [0.3, 0.4) is 0 Å². The fourth-order valence-electron chi connectivity index (χ4n) is 6.24. The second-order valence-corrected chi connectivity index (χ2v) is 13.3. The molecule has 2 heterocycles. The molecule has 0 aliphatic carbocycles. The van der Waals surface area contributed by atoms with Crippen LogP contribution in [0.5, 0.6) is 0 Å². The summed E-state index contributed by atoms with van der Waals surface area (Å²) in [5.74, 6) is 0.774. The molecule has 0 radical (unpaired) electrons. The molecule has 3 nitrogen and oxygen atoms in total. The second-order valence-electron chi connectivity index (χ2n) is 12.4. The van der Waals surface area contributed by atoms with E-state index in [9.17, 15) is 5.11 Å². The van der Waals surface area contributed by atoms with E-state index in [0.717, 1.165) is 49.1 Å². The first-order valence-electron chi connectivity index (χ1n) is 14.9. The zero-order chi connectivity index (χ0) is 30.5. The van der Waals surface area contributed by atoms with Gasteiger partial charge in [0.25, 0.3) is 0 Å². The van der Waals surface area contributed by atoms with Gasteiger partial charge in [-0.25, -0.2) is 4.98 Å². The van der Waals surface area contributed by atoms with Crippen molar-refractivity contribution in [3.63, 3.8) is 0 Å². The summed E-state index contributed by atoms with van der Waals surface area (Å²) < 4.78 is 3.12. The lowest BCUT2D eigenvalue weighted by Gasteiger charge is -2.33. The molecule has 0 aliphatic rings. The normalized spacial score (nSPS) is 13.3. The van der Waals surface area contributed by atoms with Gasteiger partial charge in [0.1, 0.15) is 5.82 Å². The van der Waals surface area contributed by atoms with Gasteiger partial charge in [0.05, 0.1) is 16.7 Å². The smallest absolute Gasteiger partial charge is 0.158 e. The highest BCUT2D eigenvalue weighted by molar-refractivity contribution is 9.10. The number of halogens is 1. The number of benzene rings is 5. The molecule has 216 valence electrons. The van der Waals surface area contributed by atoms with Gasteiger partial charge >= 0.3 is 0 Å². The van der Waals surface area contributed by atoms with E-state index in [1.54, 1.807) is 0 Å². The van der Waals surface area contributed by atoms with Gasteiger partial charge in [0.2, 0.25) is 0 Å². The minimum atomic E-state index is -1.56. The van der Waals surface area contributed by atoms with Gasteiger partial charge in [-0.3, -0.25) is 4.57 Å². The Morgan fingerprint density at radius 2 is 1.23 bits per heavy atom. The van der Waals surface area contributed by atoms with E-state index in [1.165, 1.54) is 10.8 Å². The van der Waals surface area contributed by atoms with Crippen LogP contribution >= 0.6 is 15.9 Å². The maximum absolute atomic E-state index is 13.3. The molecular formula is C40H33BrN2O. The lowest BCUT2D eigenvalue weighted by atomic mass is 9.77. The molecule has 0 saturated carbocycles. The highest BCUT2D eigenvalue weighted by Gasteiger charge is 2.39. The van der Waals surface area contributed by atoms with Gasteiger partial charge in [0, 0.05) is 20.8 Å². The summed E-state index contributed by atoms with van der Waals surface area (Å²) in [6.45, 7) is 6.62. The molecule has 44 heavy (non-hydrogen) atoms. The topological polar surface area (TPSA) is 38.0 Å². The van der Waals surface area contributed by atoms with Gasteiger partial charge in [-0.1, -0.05) is 140 Å². The molecule has 2 aromatic heterocycles. The molecule has 0 amide bonds. The van der Waals surface area contributed by atoms with Crippen LogP contribution in [0, 0.1) is 0 Å². The Morgan fingerprint density at radius 1 is 0.614 bits per heavy atom. The van der Waals surface area contributed by atoms with Crippen molar-refractivity contribution in [1.29, 1.82) is 0 Å². The lowest BCUT2D eigenvalue weighted by molar-refractivity contribution is 0.121. The highest BCUT2D eigenvalue weighted by Crippen LogP contribution is 2.43. The molecule has 0 aliphatic heterocycles. The van der Waals surface area contributed by atoms with Gasteiger partial charge in [-0.15, -0.1) is 0 Å². The van der Waals surface area contributed by atoms with E-state index in [1.807, 2.05) is 60.7 Å². The number of para-hydroxylation sites is 2. The van der Waals surface area contributed by atoms with Crippen molar-refractivity contribution in [2.75, 3.05) is 0 Å². The minimum Gasteiger partial charge on any atom is -0.374 e. The minimum absolute atomic E-state index is 0.206. The number of aromatic nitrogens is 2. The average Bonchev–Trinajstić information content (AvgIpc) is 3.39. The van der Waals surface area contributed by atoms with Crippen molar-refractivity contribution < 1.29 is 5.11 Å². The van der Waals surface area contributed by atoms with Crippen molar-refractivity contribution in [3.8, 4) is 16.9 Å². The first kappa shape index (κ1) is 28.3. The maximum Gasteiger partial charge on any atom is 0.158 e. The highest BCUT2D eigenvalue weighted by atomic mass is 79.9. The first-order chi connectivity index (χ1) is 21.2. The van der Waals surface area contributed by atoms with E-state index in [4.69, 9.17) is 4.98 Å². The fourth-order valence-corrected chi connectivity index (χ4v) is 6.64. The van der Waals surface area contributed by atoms with Crippen LogP contribution in [0.25, 0.3) is 38.8 Å². The van der Waals surface area contributed by atoms with E-state index in [2.05, 4.69) is 120 Å². The van der Waals surface area contributed by atoms with E-state index >= 15 is 0 Å². The van der Waals surface area contributed by atoms with Crippen molar-refractivity contribution in [2.45, 2.75) is 31.8 Å². The molecule has 0 fully saturated rings. The maximum atomic E-state index is 13.3. The van der Waals surface area contributed by atoms with Crippen LogP contribution in [0.2, 0.25) is 0 Å². The Labute approximate surface area is 266 Å². The number of hydrogen-bond acceptors (Lipinski definition) is 2. The van der Waals surface area contributed by atoms with Gasteiger partial charge in [0.15, 0.2) is 5.60 Å². The summed E-state index contributed by atoms with van der Waals surface area (Å²) in [6.07, 6.45) is 0. The van der Waals surface area contributed by atoms with Crippen molar-refractivity contribution >= 4 is 37.7 Å². The summed E-state index contributed by atoms with van der Waals surface area (Å²) in [7, 11) is 0. The summed E-state index contributed by atoms with van der Waals surface area (Å²) in [5.41, 5.74) is 5.55. The molecule has 4 heteroatoms. The average molecular weight is 638 g/mol. The third kappa shape index (κ3) is 4.75. The summed E-state index contributed by atoms with van der Waals surface area (Å²) in [6, 6.07) is 47.5. The zero-order valence-electron chi connectivity index (χ0n) is 25.0. The number of fused-ring (bicyclic) bond motifs is 3. The standard InChI is InChI=1S/C40H33BrN2O/c1-39(2,3)29-25-37(42-38(26-29)43-35-22-11-8-19-32(35)33-20-9-12-23-36(33)43)40(44,28-16-13-17-30(41)24-28)34-21-10-7-18-31(34)27-14-5-4-6-15-27/h4-26,44H,1-3H3. The number of hydrogen-bond donors (Lipinski definition) is 1. The molecule has 0 bridgehead atoms. The van der Waals surface area contributed by atoms with Crippen molar-refractivity contribution in [1.82, 2.24) is 9.55 Å². The number of rotatable bonds is 5. The van der Waals surface area contributed by atoms with Crippen molar-refractivity contribution in [2.24, 2.45) is 0 Å². The van der Waals surface area contributed by atoms with Gasteiger partial charge in [-0.2, -0.15) is 0 Å². The monoisotopic (exact) mass is 636 g/mol. The largest absolute Gasteiger partial charge is 0.374 e. The molecule has 7 rings (SSSR count). The van der Waals surface area contributed by atoms with Crippen LogP contribution in [-0.4, -0.2) is 14.7 Å². The molecule has 1 N–H and O–H groups in total. The SMILES string of the molecule is CC(C)(C)c1cc(-n2c3ccccc3c3ccccc32)nc(C(O)(c2cccc(Br)c2)c2ccccc2-c2ccccc2)c1. The molecule has 5 aromatic carbocycles. The predicted octanol–water partition coefficient (Wildman–Crippen LogP) is 10.2. The Morgan fingerprint density at radius 3 is 1.89 bits per heavy atom. The third-order valence-corrected chi connectivity index (χ3v) is 9.00. The molecular weight excluding hydrogens is 604 g/mol. The van der Waals surface area contributed by atoms with E-state index in [0.29, 0.717) is 5.69 Å². The number of pyridine rings is 1. The van der Waals surface area contributed by atoms with Crippen LogP contribution in [0.4, 0.5) is 0 Å². The van der Waals surface area contributed by atoms with Crippen LogP contribution < -0.4 is 0 Å². The quantitative estimate of drug-likeness (QED) is 0.204. The van der Waals surface area contributed by atoms with Gasteiger partial charge in [-0.05, 0) is 64.1 Å². The molecule has 1 atom stereocenters. The van der Waals surface area contributed by atoms with Crippen molar-refractivity contribution in [3.05, 3.63) is 166 Å². The first-order valence-corrected chi connectivity index (χ1v) is 15.7. The van der Waals surface area contributed by atoms with Crippen LogP contribution in [0.15, 0.2) is 144 Å². The Bertz CT molecular complexity index is 2090. The second kappa shape index (κ2) is 10.9. The van der Waals surface area contributed by atoms with Crippen LogP contribution in [-0.2, 0) is 11.0 Å². The molecule has 0 saturated heterocycles. The third-order valence-electron chi connectivity index (χ3n) is 8.50. The summed E-state index contributed by atoms with van der Waals surface area (Å²) in [4.78, 5) is 5.38. The summed E-state index contributed by atoms with van der Waals surface area (Å²) >= 11 is 3.67. The number of aliphatic hydroxyl groups is 1. The molecule has 7 aromatic rings. The fraction of sp³-hybridized carbons (Fsp3) is 0.125. The molecule has 1 unspecified atom stereocenters. The van der Waals surface area contributed by atoms with E-state index < -0.39 is 5.60 Å². The Kier molecular flexibility index (Phi) is 7.00. The summed E-state index contributed by atoms with van der Waals surface area (Å²) in [5, 5.41) is 15.7. The Balaban J connectivity index is 1.59. The Hall–Kier alpha value is -4.51. The zero-order valence-corrected chi connectivity index (χ0v) is 26.6. The predicted molar refractivity (Wildman–Crippen MR) is 185 cm³/mol. The molecule has 0 spiro atoms.